The lowest BCUT2D eigenvalue weighted by molar-refractivity contribution is -0.140. The largest absolute Gasteiger partial charge is 0.497 e. The number of methoxy groups -OCH3 is 1. The van der Waals surface area contributed by atoms with Crippen LogP contribution in [0.1, 0.15) is 29.2 Å². The average Bonchev–Trinajstić information content (AvgIpc) is 3.15. The highest BCUT2D eigenvalue weighted by Crippen LogP contribution is 2.30. The maximum absolute atomic E-state index is 12.7. The van der Waals surface area contributed by atoms with Crippen molar-refractivity contribution in [2.24, 2.45) is 4.99 Å². The number of aliphatic imine (C=N–C) groups is 1. The van der Waals surface area contributed by atoms with Crippen molar-refractivity contribution in [1.29, 1.82) is 0 Å². The van der Waals surface area contributed by atoms with Gasteiger partial charge in [0.05, 0.1) is 19.7 Å². The van der Waals surface area contributed by atoms with Crippen LogP contribution in [0.3, 0.4) is 0 Å². The summed E-state index contributed by atoms with van der Waals surface area (Å²) in [5.74, 6) is 1.30. The fourth-order valence-electron chi connectivity index (χ4n) is 2.64. The molecule has 0 aliphatic carbocycles. The van der Waals surface area contributed by atoms with Crippen LogP contribution in [0.5, 0.6) is 5.75 Å². The van der Waals surface area contributed by atoms with Gasteiger partial charge in [0.2, 0.25) is 0 Å². The van der Waals surface area contributed by atoms with Crippen LogP contribution in [-0.2, 0) is 12.7 Å². The Bertz CT molecular complexity index is 807. The summed E-state index contributed by atoms with van der Waals surface area (Å²) in [6, 6.07) is 7.87. The monoisotopic (exact) mass is 429 g/mol. The first-order chi connectivity index (χ1) is 13.7. The SMILES string of the molecule is CCNC(=NCc1nc(C(F)(F)F)cs1)NCC(c1cccc(OC)c1)N(C)C. The molecular formula is C19H26F3N5OS. The van der Waals surface area contributed by atoms with Crippen LogP contribution in [0.4, 0.5) is 13.2 Å². The Labute approximate surface area is 172 Å². The highest BCUT2D eigenvalue weighted by Gasteiger charge is 2.33. The Morgan fingerprint density at radius 3 is 2.66 bits per heavy atom. The highest BCUT2D eigenvalue weighted by molar-refractivity contribution is 7.09. The fourth-order valence-corrected chi connectivity index (χ4v) is 3.37. The lowest BCUT2D eigenvalue weighted by atomic mass is 10.1. The number of rotatable bonds is 8. The Morgan fingerprint density at radius 1 is 1.31 bits per heavy atom. The number of aromatic nitrogens is 1. The molecule has 10 heteroatoms. The molecule has 2 aromatic rings. The van der Waals surface area contributed by atoms with E-state index in [2.05, 4.69) is 25.5 Å². The van der Waals surface area contributed by atoms with Crippen molar-refractivity contribution in [1.82, 2.24) is 20.5 Å². The zero-order valence-corrected chi connectivity index (χ0v) is 17.7. The number of thiazole rings is 1. The molecule has 1 aromatic heterocycles. The van der Waals surface area contributed by atoms with Crippen molar-refractivity contribution in [2.75, 3.05) is 34.3 Å². The van der Waals surface area contributed by atoms with Crippen molar-refractivity contribution < 1.29 is 17.9 Å². The van der Waals surface area contributed by atoms with Crippen LogP contribution < -0.4 is 15.4 Å². The highest BCUT2D eigenvalue weighted by atomic mass is 32.1. The summed E-state index contributed by atoms with van der Waals surface area (Å²) in [5, 5.41) is 7.69. The molecule has 0 radical (unpaired) electrons. The van der Waals surface area contributed by atoms with Gasteiger partial charge in [0.1, 0.15) is 10.8 Å². The van der Waals surface area contributed by atoms with E-state index >= 15 is 0 Å². The molecule has 0 amide bonds. The predicted molar refractivity (Wildman–Crippen MR) is 109 cm³/mol. The second-order valence-electron chi connectivity index (χ2n) is 6.46. The minimum atomic E-state index is -4.43. The summed E-state index contributed by atoms with van der Waals surface area (Å²) in [7, 11) is 5.58. The number of nitrogens with one attached hydrogen (secondary N) is 2. The number of nitrogens with zero attached hydrogens (tertiary/aromatic N) is 3. The molecule has 29 heavy (non-hydrogen) atoms. The van der Waals surface area contributed by atoms with Gasteiger partial charge >= 0.3 is 6.18 Å². The van der Waals surface area contributed by atoms with Crippen LogP contribution >= 0.6 is 11.3 Å². The van der Waals surface area contributed by atoms with E-state index in [4.69, 9.17) is 4.74 Å². The van der Waals surface area contributed by atoms with Crippen LogP contribution in [0.2, 0.25) is 0 Å². The predicted octanol–water partition coefficient (Wildman–Crippen LogP) is 3.53. The molecule has 2 N–H and O–H groups in total. The molecule has 160 valence electrons. The van der Waals surface area contributed by atoms with Gasteiger partial charge in [-0.2, -0.15) is 13.2 Å². The van der Waals surface area contributed by atoms with Crippen molar-refractivity contribution in [2.45, 2.75) is 25.7 Å². The van der Waals surface area contributed by atoms with Crippen LogP contribution in [0, 0.1) is 0 Å². The van der Waals surface area contributed by atoms with Crippen molar-refractivity contribution >= 4 is 17.3 Å². The number of hydrogen-bond donors (Lipinski definition) is 2. The maximum atomic E-state index is 12.7. The van der Waals surface area contributed by atoms with Crippen LogP contribution in [-0.4, -0.2) is 50.1 Å². The lowest BCUT2D eigenvalue weighted by Gasteiger charge is -2.26. The molecule has 0 aliphatic rings. The first-order valence-electron chi connectivity index (χ1n) is 9.08. The van der Waals surface area contributed by atoms with Crippen molar-refractivity contribution in [3.8, 4) is 5.75 Å². The Balaban J connectivity index is 2.07. The second-order valence-corrected chi connectivity index (χ2v) is 7.40. The average molecular weight is 430 g/mol. The molecule has 1 unspecified atom stereocenters. The van der Waals surface area contributed by atoms with E-state index in [0.717, 1.165) is 28.0 Å². The zero-order chi connectivity index (χ0) is 21.4. The quantitative estimate of drug-likeness (QED) is 0.497. The van der Waals surface area contributed by atoms with E-state index in [1.165, 1.54) is 0 Å². The fraction of sp³-hybridized carbons (Fsp3) is 0.474. The Hall–Kier alpha value is -2.33. The number of benzene rings is 1. The van der Waals surface area contributed by atoms with E-state index in [9.17, 15) is 13.2 Å². The van der Waals surface area contributed by atoms with Crippen LogP contribution in [0.25, 0.3) is 0 Å². The maximum Gasteiger partial charge on any atom is 0.434 e. The molecule has 0 spiro atoms. The molecule has 0 fully saturated rings. The summed E-state index contributed by atoms with van der Waals surface area (Å²) in [5.41, 5.74) is 0.198. The van der Waals surface area contributed by atoms with Gasteiger partial charge in [-0.05, 0) is 38.7 Å². The van der Waals surface area contributed by atoms with E-state index in [1.54, 1.807) is 7.11 Å². The summed E-state index contributed by atoms with van der Waals surface area (Å²) in [4.78, 5) is 10.1. The van der Waals surface area contributed by atoms with E-state index < -0.39 is 11.9 Å². The van der Waals surface area contributed by atoms with Crippen LogP contribution in [0.15, 0.2) is 34.6 Å². The molecule has 1 aromatic carbocycles. The number of hydrogen-bond acceptors (Lipinski definition) is 5. The number of guanidine groups is 1. The minimum absolute atomic E-state index is 0.0469. The topological polar surface area (TPSA) is 61.8 Å². The van der Waals surface area contributed by atoms with Crippen molar-refractivity contribution in [3.05, 3.63) is 45.9 Å². The lowest BCUT2D eigenvalue weighted by Crippen LogP contribution is -2.41. The molecule has 1 atom stereocenters. The first-order valence-corrected chi connectivity index (χ1v) is 9.96. The normalized spacial score (nSPS) is 13.4. The number of halogens is 3. The van der Waals surface area contributed by atoms with Gasteiger partial charge in [0, 0.05) is 18.5 Å². The van der Waals surface area contributed by atoms with Gasteiger partial charge in [-0.25, -0.2) is 9.98 Å². The molecular weight excluding hydrogens is 403 g/mol. The zero-order valence-electron chi connectivity index (χ0n) is 16.9. The van der Waals surface area contributed by atoms with Gasteiger partial charge < -0.3 is 20.3 Å². The van der Waals surface area contributed by atoms with E-state index in [1.807, 2.05) is 45.3 Å². The molecule has 1 heterocycles. The molecule has 2 rings (SSSR count). The first kappa shape index (κ1) is 23.0. The molecule has 0 saturated carbocycles. The smallest absolute Gasteiger partial charge is 0.434 e. The number of alkyl halides is 3. The Kier molecular flexibility index (Phi) is 8.27. The van der Waals surface area contributed by atoms with Crippen molar-refractivity contribution in [3.63, 3.8) is 0 Å². The second kappa shape index (κ2) is 10.4. The molecule has 0 saturated heterocycles. The number of likely N-dealkylation sites (N-methyl/N-ethyl adjacent to an activating group) is 1. The third-order valence-electron chi connectivity index (χ3n) is 4.12. The third-order valence-corrected chi connectivity index (χ3v) is 4.96. The van der Waals surface area contributed by atoms with Gasteiger partial charge in [-0.3, -0.25) is 0 Å². The van der Waals surface area contributed by atoms with Gasteiger partial charge in [0.15, 0.2) is 11.7 Å². The summed E-state index contributed by atoms with van der Waals surface area (Å²) < 4.78 is 43.4. The standard InChI is InChI=1S/C19H26F3N5OS/c1-5-23-18(25-11-17-26-16(12-29-17)19(20,21)22)24-10-15(27(2)3)13-7-6-8-14(9-13)28-4/h6-9,12,15H,5,10-11H2,1-4H3,(H2,23,24,25). The summed E-state index contributed by atoms with van der Waals surface area (Å²) >= 11 is 0.951. The summed E-state index contributed by atoms with van der Waals surface area (Å²) in [6.45, 7) is 3.18. The number of ether oxygens (including phenoxy) is 1. The minimum Gasteiger partial charge on any atom is -0.497 e. The summed E-state index contributed by atoms with van der Waals surface area (Å²) in [6.07, 6.45) is -4.43. The third kappa shape index (κ3) is 6.90. The Morgan fingerprint density at radius 2 is 2.07 bits per heavy atom. The van der Waals surface area contributed by atoms with E-state index in [-0.39, 0.29) is 12.6 Å². The van der Waals surface area contributed by atoms with Gasteiger partial charge in [-0.1, -0.05) is 12.1 Å². The molecule has 0 bridgehead atoms. The van der Waals surface area contributed by atoms with Gasteiger partial charge in [0.25, 0.3) is 0 Å². The molecule has 6 nitrogen and oxygen atoms in total. The molecule has 0 aliphatic heterocycles. The van der Waals surface area contributed by atoms with Gasteiger partial charge in [-0.15, -0.1) is 11.3 Å². The van der Waals surface area contributed by atoms with E-state index in [0.29, 0.717) is 24.1 Å².